The summed E-state index contributed by atoms with van der Waals surface area (Å²) in [5, 5.41) is 0. The van der Waals surface area contributed by atoms with Crippen LogP contribution in [0, 0.1) is 0 Å². The molecule has 9 heavy (non-hydrogen) atoms. The molecule has 3 nitrogen and oxygen atoms in total. The zero-order chi connectivity index (χ0) is 7.28. The second-order valence-corrected chi connectivity index (χ2v) is 1.37. The molecule has 0 spiro atoms. The zero-order valence-corrected chi connectivity index (χ0v) is 5.02. The third-order valence-electron chi connectivity index (χ3n) is 0.635. The molecule has 0 radical (unpaired) electrons. The molecule has 0 saturated carbocycles. The van der Waals surface area contributed by atoms with E-state index in [-0.39, 0.29) is 6.42 Å². The molecule has 0 fully saturated rings. The van der Waals surface area contributed by atoms with Crippen LogP contribution < -0.4 is 0 Å². The van der Waals surface area contributed by atoms with Gasteiger partial charge in [-0.3, -0.25) is 9.59 Å². The number of hydrogen-bond donors (Lipinski definition) is 0. The van der Waals surface area contributed by atoms with Crippen molar-refractivity contribution in [2.45, 2.75) is 13.3 Å². The van der Waals surface area contributed by atoms with E-state index in [1.807, 2.05) is 0 Å². The molecule has 0 atom stereocenters. The molecular formula is C5H7FO3. The van der Waals surface area contributed by atoms with Crippen LogP contribution >= 0.6 is 0 Å². The largest absolute Gasteiger partial charge is 0.455 e. The third-order valence-corrected chi connectivity index (χ3v) is 0.635. The summed E-state index contributed by atoms with van der Waals surface area (Å²) in [6, 6.07) is -1.63. The van der Waals surface area contributed by atoms with Crippen LogP contribution in [0.15, 0.2) is 0 Å². The number of esters is 1. The van der Waals surface area contributed by atoms with Crippen LogP contribution in [0.5, 0.6) is 0 Å². The van der Waals surface area contributed by atoms with Gasteiger partial charge in [0.1, 0.15) is 0 Å². The van der Waals surface area contributed by atoms with Crippen LogP contribution in [-0.2, 0) is 14.3 Å². The van der Waals surface area contributed by atoms with E-state index >= 15 is 0 Å². The summed E-state index contributed by atoms with van der Waals surface area (Å²) in [6.07, 6.45) is 0.160. The van der Waals surface area contributed by atoms with Crippen molar-refractivity contribution in [1.82, 2.24) is 0 Å². The first kappa shape index (κ1) is 8.07. The molecule has 0 aromatic heterocycles. The van der Waals surface area contributed by atoms with E-state index in [2.05, 4.69) is 4.74 Å². The third kappa shape index (κ3) is 4.93. The lowest BCUT2D eigenvalue weighted by molar-refractivity contribution is -0.151. The standard InChI is InChI=1S/C5H7FO3/c1-2-5(8)9-3-4(6)7/h2-3H2,1H3. The molecule has 52 valence electrons. The number of carbonyl (C=O) groups is 2. The molecular weight excluding hydrogens is 127 g/mol. The molecule has 0 aliphatic rings. The lowest BCUT2D eigenvalue weighted by Crippen LogP contribution is -2.08. The van der Waals surface area contributed by atoms with Gasteiger partial charge >= 0.3 is 12.0 Å². The van der Waals surface area contributed by atoms with Gasteiger partial charge in [0.15, 0.2) is 6.61 Å². The second-order valence-electron chi connectivity index (χ2n) is 1.37. The van der Waals surface area contributed by atoms with Gasteiger partial charge in [-0.1, -0.05) is 6.92 Å². The SMILES string of the molecule is CCC(=O)OCC(=O)F. The van der Waals surface area contributed by atoms with Crippen LogP contribution in [0.3, 0.4) is 0 Å². The Hall–Kier alpha value is -0.930. The van der Waals surface area contributed by atoms with Gasteiger partial charge in [0, 0.05) is 6.42 Å². The minimum atomic E-state index is -1.63. The van der Waals surface area contributed by atoms with Crippen molar-refractivity contribution in [2.75, 3.05) is 6.61 Å². The zero-order valence-electron chi connectivity index (χ0n) is 5.02. The maximum atomic E-state index is 11.3. The molecule has 0 rings (SSSR count). The van der Waals surface area contributed by atoms with E-state index in [1.165, 1.54) is 0 Å². The minimum Gasteiger partial charge on any atom is -0.455 e. The van der Waals surface area contributed by atoms with E-state index < -0.39 is 18.6 Å². The highest BCUT2D eigenvalue weighted by Gasteiger charge is 2.01. The first-order valence-electron chi connectivity index (χ1n) is 2.50. The van der Waals surface area contributed by atoms with E-state index in [4.69, 9.17) is 0 Å². The number of ether oxygens (including phenoxy) is 1. The summed E-state index contributed by atoms with van der Waals surface area (Å²) in [7, 11) is 0. The highest BCUT2D eigenvalue weighted by molar-refractivity contribution is 5.75. The molecule has 0 heterocycles. The van der Waals surface area contributed by atoms with Crippen LogP contribution in [0.2, 0.25) is 0 Å². The number of rotatable bonds is 3. The fourth-order valence-electron chi connectivity index (χ4n) is 0.239. The van der Waals surface area contributed by atoms with Gasteiger partial charge in [0.05, 0.1) is 0 Å². The Morgan fingerprint density at radius 2 is 2.11 bits per heavy atom. The van der Waals surface area contributed by atoms with Crippen LogP contribution in [-0.4, -0.2) is 18.6 Å². The van der Waals surface area contributed by atoms with Gasteiger partial charge in [-0.15, -0.1) is 0 Å². The normalized spacial score (nSPS) is 8.67. The summed E-state index contributed by atoms with van der Waals surface area (Å²) < 4.78 is 15.4. The van der Waals surface area contributed by atoms with Gasteiger partial charge < -0.3 is 4.74 Å². The highest BCUT2D eigenvalue weighted by atomic mass is 19.1. The molecule has 0 aromatic rings. The van der Waals surface area contributed by atoms with Crippen molar-refractivity contribution in [2.24, 2.45) is 0 Å². The predicted octanol–water partition coefficient (Wildman–Crippen LogP) is 0.436. The van der Waals surface area contributed by atoms with Crippen molar-refractivity contribution in [1.29, 1.82) is 0 Å². The maximum Gasteiger partial charge on any atom is 0.338 e. The van der Waals surface area contributed by atoms with Crippen LogP contribution in [0.1, 0.15) is 13.3 Å². The first-order chi connectivity index (χ1) is 4.16. The fourth-order valence-corrected chi connectivity index (χ4v) is 0.239. The molecule has 0 aliphatic heterocycles. The summed E-state index contributed by atoms with van der Waals surface area (Å²) >= 11 is 0. The first-order valence-corrected chi connectivity index (χ1v) is 2.50. The molecule has 0 amide bonds. The molecule has 0 aromatic carbocycles. The monoisotopic (exact) mass is 134 g/mol. The highest BCUT2D eigenvalue weighted by Crippen LogP contribution is 1.84. The number of carbonyl (C=O) groups excluding carboxylic acids is 2. The molecule has 0 aliphatic carbocycles. The average molecular weight is 134 g/mol. The smallest absolute Gasteiger partial charge is 0.338 e. The van der Waals surface area contributed by atoms with Crippen molar-refractivity contribution in [3.63, 3.8) is 0 Å². The van der Waals surface area contributed by atoms with Gasteiger partial charge in [0.25, 0.3) is 0 Å². The van der Waals surface area contributed by atoms with Gasteiger partial charge in [-0.2, -0.15) is 4.39 Å². The van der Waals surface area contributed by atoms with Crippen LogP contribution in [0.25, 0.3) is 0 Å². The van der Waals surface area contributed by atoms with Gasteiger partial charge in [-0.05, 0) is 0 Å². The fraction of sp³-hybridized carbons (Fsp3) is 0.600. The molecule has 0 N–H and O–H groups in total. The Morgan fingerprint density at radius 3 is 2.44 bits per heavy atom. The number of hydrogen-bond acceptors (Lipinski definition) is 3. The Labute approximate surface area is 51.8 Å². The maximum absolute atomic E-state index is 11.3. The van der Waals surface area contributed by atoms with E-state index in [9.17, 15) is 14.0 Å². The average Bonchev–Trinajstić information content (AvgIpc) is 1.83. The van der Waals surface area contributed by atoms with Gasteiger partial charge in [-0.25, -0.2) is 0 Å². The summed E-state index contributed by atoms with van der Waals surface area (Å²) in [6.45, 7) is 0.803. The van der Waals surface area contributed by atoms with Crippen LogP contribution in [0.4, 0.5) is 4.39 Å². The lowest BCUT2D eigenvalue weighted by atomic mass is 10.5. The van der Waals surface area contributed by atoms with E-state index in [1.54, 1.807) is 6.92 Å². The van der Waals surface area contributed by atoms with Gasteiger partial charge in [0.2, 0.25) is 0 Å². The summed E-state index contributed by atoms with van der Waals surface area (Å²) in [5.74, 6) is -0.569. The Bertz CT molecular complexity index is 121. The second kappa shape index (κ2) is 4.00. The molecule has 0 unspecified atom stereocenters. The van der Waals surface area contributed by atoms with Crippen molar-refractivity contribution in [3.05, 3.63) is 0 Å². The summed E-state index contributed by atoms with van der Waals surface area (Å²) in [4.78, 5) is 19.7. The molecule has 4 heteroatoms. The summed E-state index contributed by atoms with van der Waals surface area (Å²) in [5.41, 5.74) is 0. The minimum absolute atomic E-state index is 0.160. The topological polar surface area (TPSA) is 43.4 Å². The quantitative estimate of drug-likeness (QED) is 0.415. The van der Waals surface area contributed by atoms with E-state index in [0.717, 1.165) is 0 Å². The molecule has 0 bridgehead atoms. The predicted molar refractivity (Wildman–Crippen MR) is 27.4 cm³/mol. The van der Waals surface area contributed by atoms with Crippen molar-refractivity contribution >= 4 is 12.0 Å². The van der Waals surface area contributed by atoms with Crippen molar-refractivity contribution < 1.29 is 18.7 Å². The number of halogens is 1. The van der Waals surface area contributed by atoms with E-state index in [0.29, 0.717) is 0 Å². The Balaban J connectivity index is 3.28. The lowest BCUT2D eigenvalue weighted by Gasteiger charge is -1.94. The Morgan fingerprint density at radius 1 is 1.56 bits per heavy atom. The Kier molecular flexibility index (Phi) is 3.59. The molecule has 0 saturated heterocycles. The van der Waals surface area contributed by atoms with Crippen molar-refractivity contribution in [3.8, 4) is 0 Å².